The third-order valence-electron chi connectivity index (χ3n) is 1.69. The van der Waals surface area contributed by atoms with E-state index in [-0.39, 0.29) is 5.91 Å². The van der Waals surface area contributed by atoms with Gasteiger partial charge in [0.25, 0.3) is 5.91 Å². The minimum absolute atomic E-state index is 0.0865. The van der Waals surface area contributed by atoms with Crippen LogP contribution in [0, 0.1) is 0 Å². The number of rotatable bonds is 3. The molecule has 3 N–H and O–H groups in total. The van der Waals surface area contributed by atoms with Crippen molar-refractivity contribution in [2.24, 2.45) is 0 Å². The van der Waals surface area contributed by atoms with E-state index in [1.807, 2.05) is 0 Å². The molecule has 0 aromatic carbocycles. The fourth-order valence-electron chi connectivity index (χ4n) is 1.02. The van der Waals surface area contributed by atoms with Crippen molar-refractivity contribution in [3.63, 3.8) is 0 Å². The second-order valence-corrected chi connectivity index (χ2v) is 2.82. The van der Waals surface area contributed by atoms with Crippen LogP contribution in [0.1, 0.15) is 10.5 Å². The van der Waals surface area contributed by atoms with E-state index in [2.05, 4.69) is 11.6 Å². The topological polar surface area (TPSA) is 62.1 Å². The van der Waals surface area contributed by atoms with Crippen LogP contribution in [-0.4, -0.2) is 29.4 Å². The van der Waals surface area contributed by atoms with Crippen LogP contribution in [0.4, 0.5) is 5.69 Å². The number of nitrogen functional groups attached to an aromatic ring is 1. The molecule has 4 heteroatoms. The van der Waals surface area contributed by atoms with Gasteiger partial charge in [-0.15, -0.1) is 6.58 Å². The van der Waals surface area contributed by atoms with Crippen LogP contribution in [0.15, 0.2) is 24.9 Å². The molecule has 4 nitrogen and oxygen atoms in total. The largest absolute Gasteiger partial charge is 0.397 e. The van der Waals surface area contributed by atoms with Gasteiger partial charge in [-0.2, -0.15) is 0 Å². The van der Waals surface area contributed by atoms with E-state index < -0.39 is 0 Å². The Hall–Kier alpha value is -1.71. The van der Waals surface area contributed by atoms with Crippen molar-refractivity contribution in [3.8, 4) is 0 Å². The van der Waals surface area contributed by atoms with E-state index >= 15 is 0 Å². The van der Waals surface area contributed by atoms with Gasteiger partial charge in [0, 0.05) is 25.5 Å². The van der Waals surface area contributed by atoms with Crippen molar-refractivity contribution in [1.82, 2.24) is 9.88 Å². The quantitative estimate of drug-likeness (QED) is 0.676. The SMILES string of the molecule is C=CCN(C)C(=O)c1cc(N)c[nH]1. The van der Waals surface area contributed by atoms with Gasteiger partial charge < -0.3 is 15.6 Å². The van der Waals surface area contributed by atoms with E-state index in [1.54, 1.807) is 30.3 Å². The lowest BCUT2D eigenvalue weighted by atomic mass is 10.3. The summed E-state index contributed by atoms with van der Waals surface area (Å²) in [6, 6.07) is 1.61. The highest BCUT2D eigenvalue weighted by Gasteiger charge is 2.11. The van der Waals surface area contributed by atoms with Crippen molar-refractivity contribution in [3.05, 3.63) is 30.6 Å². The van der Waals surface area contributed by atoms with Crippen LogP contribution < -0.4 is 5.73 Å². The Bertz CT molecular complexity index is 316. The number of aromatic nitrogens is 1. The Morgan fingerprint density at radius 2 is 2.54 bits per heavy atom. The van der Waals surface area contributed by atoms with E-state index in [1.165, 1.54) is 0 Å². The van der Waals surface area contributed by atoms with Crippen molar-refractivity contribution in [2.45, 2.75) is 0 Å². The molecule has 0 spiro atoms. The maximum Gasteiger partial charge on any atom is 0.270 e. The first-order chi connectivity index (χ1) is 6.15. The summed E-state index contributed by atoms with van der Waals surface area (Å²) in [5.74, 6) is -0.0865. The molecule has 0 unspecified atom stereocenters. The van der Waals surface area contributed by atoms with Gasteiger partial charge in [0.05, 0.1) is 0 Å². The first-order valence-corrected chi connectivity index (χ1v) is 3.95. The lowest BCUT2D eigenvalue weighted by Gasteiger charge is -2.12. The van der Waals surface area contributed by atoms with Gasteiger partial charge in [0.15, 0.2) is 0 Å². The smallest absolute Gasteiger partial charge is 0.270 e. The molecule has 0 aliphatic heterocycles. The van der Waals surface area contributed by atoms with Crippen molar-refractivity contribution in [2.75, 3.05) is 19.3 Å². The van der Waals surface area contributed by atoms with Crippen molar-refractivity contribution < 1.29 is 4.79 Å². The zero-order chi connectivity index (χ0) is 9.84. The van der Waals surface area contributed by atoms with Gasteiger partial charge in [0.1, 0.15) is 5.69 Å². The second-order valence-electron chi connectivity index (χ2n) is 2.82. The molecule has 1 amide bonds. The normalized spacial score (nSPS) is 9.62. The number of hydrogen-bond acceptors (Lipinski definition) is 2. The predicted molar refractivity (Wildman–Crippen MR) is 52.4 cm³/mol. The average molecular weight is 179 g/mol. The highest BCUT2D eigenvalue weighted by atomic mass is 16.2. The first kappa shape index (κ1) is 9.38. The van der Waals surface area contributed by atoms with Crippen LogP contribution in [0.2, 0.25) is 0 Å². The van der Waals surface area contributed by atoms with Gasteiger partial charge in [-0.25, -0.2) is 0 Å². The predicted octanol–water partition coefficient (Wildman–Crippen LogP) is 0.855. The number of nitrogens with one attached hydrogen (secondary N) is 1. The zero-order valence-corrected chi connectivity index (χ0v) is 7.58. The lowest BCUT2D eigenvalue weighted by molar-refractivity contribution is 0.0805. The molecular weight excluding hydrogens is 166 g/mol. The number of anilines is 1. The number of aromatic amines is 1. The van der Waals surface area contributed by atoms with Crippen molar-refractivity contribution >= 4 is 11.6 Å². The summed E-state index contributed by atoms with van der Waals surface area (Å²) < 4.78 is 0. The van der Waals surface area contributed by atoms with E-state index in [4.69, 9.17) is 5.73 Å². The molecule has 0 bridgehead atoms. The van der Waals surface area contributed by atoms with Gasteiger partial charge in [0.2, 0.25) is 0 Å². The van der Waals surface area contributed by atoms with E-state index in [9.17, 15) is 4.79 Å². The molecule has 0 saturated carbocycles. The molecule has 1 aromatic heterocycles. The average Bonchev–Trinajstić information content (AvgIpc) is 2.51. The summed E-state index contributed by atoms with van der Waals surface area (Å²) in [7, 11) is 1.71. The Morgan fingerprint density at radius 3 is 3.00 bits per heavy atom. The summed E-state index contributed by atoms with van der Waals surface area (Å²) in [4.78, 5) is 15.9. The molecule has 0 aliphatic carbocycles. The Labute approximate surface area is 77.0 Å². The lowest BCUT2D eigenvalue weighted by Crippen LogP contribution is -2.26. The molecule has 1 aromatic rings. The summed E-state index contributed by atoms with van der Waals surface area (Å²) in [6.07, 6.45) is 3.26. The highest BCUT2D eigenvalue weighted by Crippen LogP contribution is 2.06. The molecule has 0 fully saturated rings. The Kier molecular flexibility index (Phi) is 2.74. The third kappa shape index (κ3) is 2.11. The highest BCUT2D eigenvalue weighted by molar-refractivity contribution is 5.93. The fraction of sp³-hybridized carbons (Fsp3) is 0.222. The molecule has 0 atom stereocenters. The molecule has 1 heterocycles. The molecule has 1 rings (SSSR count). The van der Waals surface area contributed by atoms with Gasteiger partial charge >= 0.3 is 0 Å². The number of carbonyl (C=O) groups is 1. The number of nitrogens with two attached hydrogens (primary N) is 1. The van der Waals surface area contributed by atoms with Gasteiger partial charge in [-0.1, -0.05) is 6.08 Å². The summed E-state index contributed by atoms with van der Waals surface area (Å²) in [5, 5.41) is 0. The monoisotopic (exact) mass is 179 g/mol. The van der Waals surface area contributed by atoms with Crippen LogP contribution >= 0.6 is 0 Å². The second kappa shape index (κ2) is 3.80. The number of H-pyrrole nitrogens is 1. The maximum absolute atomic E-state index is 11.5. The molecular formula is C9H13N3O. The number of nitrogens with zero attached hydrogens (tertiary/aromatic N) is 1. The molecule has 13 heavy (non-hydrogen) atoms. The van der Waals surface area contributed by atoms with Crippen LogP contribution in [0.5, 0.6) is 0 Å². The van der Waals surface area contributed by atoms with Crippen LogP contribution in [0.25, 0.3) is 0 Å². The number of carbonyl (C=O) groups excluding carboxylic acids is 1. The number of hydrogen-bond donors (Lipinski definition) is 2. The molecule has 0 aliphatic rings. The standard InChI is InChI=1S/C9H13N3O/c1-3-4-12(2)9(13)8-5-7(10)6-11-8/h3,5-6,11H,1,4,10H2,2H3. The summed E-state index contributed by atoms with van der Waals surface area (Å²) in [6.45, 7) is 4.08. The van der Waals surface area contributed by atoms with E-state index in [0.717, 1.165) is 0 Å². The number of amides is 1. The van der Waals surface area contributed by atoms with E-state index in [0.29, 0.717) is 17.9 Å². The summed E-state index contributed by atoms with van der Waals surface area (Å²) >= 11 is 0. The van der Waals surface area contributed by atoms with Crippen molar-refractivity contribution in [1.29, 1.82) is 0 Å². The molecule has 0 radical (unpaired) electrons. The van der Waals surface area contributed by atoms with Crippen LogP contribution in [-0.2, 0) is 0 Å². The zero-order valence-electron chi connectivity index (χ0n) is 7.58. The fourth-order valence-corrected chi connectivity index (χ4v) is 1.02. The Morgan fingerprint density at radius 1 is 1.85 bits per heavy atom. The van der Waals surface area contributed by atoms with Crippen LogP contribution in [0.3, 0.4) is 0 Å². The maximum atomic E-state index is 11.5. The minimum atomic E-state index is -0.0865. The summed E-state index contributed by atoms with van der Waals surface area (Å²) in [5.41, 5.74) is 6.54. The number of likely N-dealkylation sites (N-methyl/N-ethyl adjacent to an activating group) is 1. The molecule has 0 saturated heterocycles. The van der Waals surface area contributed by atoms with Gasteiger partial charge in [-0.3, -0.25) is 4.79 Å². The first-order valence-electron chi connectivity index (χ1n) is 3.95. The minimum Gasteiger partial charge on any atom is -0.397 e. The Balaban J connectivity index is 2.73. The molecule has 70 valence electrons. The third-order valence-corrected chi connectivity index (χ3v) is 1.69. The van der Waals surface area contributed by atoms with Gasteiger partial charge in [-0.05, 0) is 6.07 Å².